The van der Waals surface area contributed by atoms with Gasteiger partial charge < -0.3 is 28.8 Å². The van der Waals surface area contributed by atoms with Crippen LogP contribution >= 0.6 is 11.3 Å². The van der Waals surface area contributed by atoms with E-state index in [1.54, 1.807) is 42.3 Å². The van der Waals surface area contributed by atoms with E-state index in [1.807, 2.05) is 39.0 Å². The molecule has 4 aromatic rings. The normalized spacial score (nSPS) is 13.8. The summed E-state index contributed by atoms with van der Waals surface area (Å²) < 4.78 is 22.0. The van der Waals surface area contributed by atoms with Crippen molar-refractivity contribution in [1.29, 1.82) is 0 Å². The number of ether oxygens (including phenoxy) is 3. The maximum absolute atomic E-state index is 13.2. The van der Waals surface area contributed by atoms with Gasteiger partial charge >= 0.3 is 11.9 Å². The van der Waals surface area contributed by atoms with Crippen LogP contribution in [0.2, 0.25) is 0 Å². The van der Waals surface area contributed by atoms with E-state index in [0.29, 0.717) is 33.0 Å². The van der Waals surface area contributed by atoms with Gasteiger partial charge in [-0.25, -0.2) is 9.59 Å². The molecule has 0 saturated heterocycles. The second-order valence-corrected chi connectivity index (χ2v) is 11.1. The number of rotatable bonds is 7. The molecule has 3 heterocycles. The Morgan fingerprint density at radius 1 is 1.05 bits per heavy atom. The zero-order valence-electron chi connectivity index (χ0n) is 22.7. The molecule has 1 N–H and O–H groups in total. The van der Waals surface area contributed by atoms with Gasteiger partial charge in [-0.15, -0.1) is 11.3 Å². The van der Waals surface area contributed by atoms with Gasteiger partial charge in [0.25, 0.3) is 5.91 Å². The molecule has 2 aromatic carbocycles. The van der Waals surface area contributed by atoms with Crippen molar-refractivity contribution in [3.8, 4) is 22.6 Å². The molecule has 0 saturated carbocycles. The molecule has 1 aliphatic heterocycles. The van der Waals surface area contributed by atoms with Crippen LogP contribution in [0.15, 0.2) is 65.3 Å². The molecule has 0 aliphatic carbocycles. The predicted molar refractivity (Wildman–Crippen MR) is 151 cm³/mol. The summed E-state index contributed by atoms with van der Waals surface area (Å²) in [4.78, 5) is 41.5. The predicted octanol–water partition coefficient (Wildman–Crippen LogP) is 6.07. The first-order valence-corrected chi connectivity index (χ1v) is 13.3. The third kappa shape index (κ3) is 5.05. The van der Waals surface area contributed by atoms with Gasteiger partial charge in [0.2, 0.25) is 5.76 Å². The Morgan fingerprint density at radius 2 is 1.82 bits per heavy atom. The standard InChI is InChI=1S/C30H28N2O7S/c1-17-8-13-25(40-17)28(34)38-16-21-19(11-12-22-26(21)32(4)29(35)30(2,3)31-22)20-10-9-18(15-24(20)36-5)39-27(33)23-7-6-14-37-23/h6-15,31H,16H2,1-5H3. The Hall–Kier alpha value is -4.57. The summed E-state index contributed by atoms with van der Waals surface area (Å²) >= 11 is 1.35. The number of methoxy groups -OCH3 is 1. The molecule has 2 aromatic heterocycles. The molecule has 0 spiro atoms. The fourth-order valence-electron chi connectivity index (χ4n) is 4.69. The number of thiophene rings is 1. The Kier molecular flexibility index (Phi) is 7.12. The molecule has 0 bridgehead atoms. The average Bonchev–Trinajstić information content (AvgIpc) is 3.62. The molecular weight excluding hydrogens is 532 g/mol. The average molecular weight is 561 g/mol. The third-order valence-electron chi connectivity index (χ3n) is 6.59. The first kappa shape index (κ1) is 27.0. The molecule has 0 fully saturated rings. The van der Waals surface area contributed by atoms with Crippen LogP contribution in [0.5, 0.6) is 11.5 Å². The number of benzene rings is 2. The van der Waals surface area contributed by atoms with E-state index in [-0.39, 0.29) is 24.0 Å². The van der Waals surface area contributed by atoms with E-state index in [9.17, 15) is 14.4 Å². The minimum Gasteiger partial charge on any atom is -0.496 e. The van der Waals surface area contributed by atoms with Crippen LogP contribution in [-0.2, 0) is 16.1 Å². The van der Waals surface area contributed by atoms with Crippen molar-refractivity contribution in [2.45, 2.75) is 32.9 Å². The quantitative estimate of drug-likeness (QED) is 0.214. The van der Waals surface area contributed by atoms with E-state index in [0.717, 1.165) is 10.6 Å². The fraction of sp³-hybridized carbons (Fsp3) is 0.233. The van der Waals surface area contributed by atoms with Crippen molar-refractivity contribution >= 4 is 40.6 Å². The molecule has 1 aliphatic rings. The number of nitrogens with one attached hydrogen (secondary N) is 1. The molecule has 0 atom stereocenters. The third-order valence-corrected chi connectivity index (χ3v) is 7.57. The summed E-state index contributed by atoms with van der Waals surface area (Å²) in [6.45, 7) is 5.45. The number of carbonyl (C=O) groups is 3. The lowest BCUT2D eigenvalue weighted by Gasteiger charge is -2.39. The summed E-state index contributed by atoms with van der Waals surface area (Å²) in [6, 6.07) is 15.5. The van der Waals surface area contributed by atoms with Crippen molar-refractivity contribution in [3.63, 3.8) is 0 Å². The second kappa shape index (κ2) is 10.5. The van der Waals surface area contributed by atoms with Crippen LogP contribution in [0.3, 0.4) is 0 Å². The van der Waals surface area contributed by atoms with Crippen LogP contribution < -0.4 is 19.7 Å². The molecule has 40 heavy (non-hydrogen) atoms. The molecule has 10 heteroatoms. The van der Waals surface area contributed by atoms with E-state index in [4.69, 9.17) is 18.6 Å². The van der Waals surface area contributed by atoms with Gasteiger partial charge in [-0.2, -0.15) is 0 Å². The molecule has 0 radical (unpaired) electrons. The number of carbonyl (C=O) groups excluding carboxylic acids is 3. The van der Waals surface area contributed by atoms with Crippen LogP contribution in [0.1, 0.15) is 44.5 Å². The van der Waals surface area contributed by atoms with Crippen molar-refractivity contribution in [1.82, 2.24) is 0 Å². The minimum atomic E-state index is -0.817. The largest absolute Gasteiger partial charge is 0.496 e. The van der Waals surface area contributed by atoms with Gasteiger partial charge in [0.05, 0.1) is 24.7 Å². The summed E-state index contributed by atoms with van der Waals surface area (Å²) in [6.07, 6.45) is 1.39. The van der Waals surface area contributed by atoms with Crippen molar-refractivity contribution in [2.75, 3.05) is 24.4 Å². The number of nitrogens with zero attached hydrogens (tertiary/aromatic N) is 1. The van der Waals surface area contributed by atoms with E-state index in [2.05, 4.69) is 5.32 Å². The summed E-state index contributed by atoms with van der Waals surface area (Å²) in [5.74, 6) is -0.469. The summed E-state index contributed by atoms with van der Waals surface area (Å²) in [7, 11) is 3.21. The highest BCUT2D eigenvalue weighted by molar-refractivity contribution is 7.13. The number of amides is 1. The Bertz CT molecular complexity index is 1600. The van der Waals surface area contributed by atoms with E-state index >= 15 is 0 Å². The first-order valence-electron chi connectivity index (χ1n) is 12.5. The number of hydrogen-bond acceptors (Lipinski definition) is 9. The Labute approximate surface area is 235 Å². The number of furan rings is 1. The Morgan fingerprint density at radius 3 is 2.50 bits per heavy atom. The van der Waals surface area contributed by atoms with Crippen LogP contribution in [0, 0.1) is 6.92 Å². The van der Waals surface area contributed by atoms with Gasteiger partial charge in [0, 0.05) is 29.1 Å². The van der Waals surface area contributed by atoms with Crippen LogP contribution in [-0.4, -0.2) is 37.5 Å². The lowest BCUT2D eigenvalue weighted by molar-refractivity contribution is -0.121. The van der Waals surface area contributed by atoms with Crippen molar-refractivity contribution < 1.29 is 33.0 Å². The fourth-order valence-corrected chi connectivity index (χ4v) is 5.45. The molecule has 9 nitrogen and oxygen atoms in total. The number of aryl methyl sites for hydroxylation is 1. The smallest absolute Gasteiger partial charge is 0.379 e. The summed E-state index contributed by atoms with van der Waals surface area (Å²) in [5, 5.41) is 3.30. The maximum Gasteiger partial charge on any atom is 0.379 e. The molecule has 5 rings (SSSR count). The number of fused-ring (bicyclic) bond motifs is 1. The lowest BCUT2D eigenvalue weighted by Crippen LogP contribution is -2.52. The zero-order chi connectivity index (χ0) is 28.6. The van der Waals surface area contributed by atoms with Gasteiger partial charge in [-0.05, 0) is 68.8 Å². The maximum atomic E-state index is 13.2. The molecule has 0 unspecified atom stereocenters. The van der Waals surface area contributed by atoms with E-state index < -0.39 is 17.5 Å². The second-order valence-electron chi connectivity index (χ2n) is 9.82. The number of likely N-dealkylation sites (N-methyl/N-ethyl adjacent to an activating group) is 1. The SMILES string of the molecule is COc1cc(OC(=O)c2ccco2)ccc1-c1ccc2c(c1COC(=O)c1ccc(C)s1)N(C)C(=O)C(C)(C)N2. The first-order chi connectivity index (χ1) is 19.1. The zero-order valence-corrected chi connectivity index (χ0v) is 23.5. The van der Waals surface area contributed by atoms with Crippen molar-refractivity contribution in [2.24, 2.45) is 0 Å². The Balaban J connectivity index is 1.56. The monoisotopic (exact) mass is 560 g/mol. The van der Waals surface area contributed by atoms with Gasteiger partial charge in [0.15, 0.2) is 0 Å². The highest BCUT2D eigenvalue weighted by Gasteiger charge is 2.39. The number of anilines is 2. The lowest BCUT2D eigenvalue weighted by atomic mass is 9.91. The molecular formula is C30H28N2O7S. The van der Waals surface area contributed by atoms with Crippen molar-refractivity contribution in [3.05, 3.63) is 81.9 Å². The van der Waals surface area contributed by atoms with Gasteiger partial charge in [0.1, 0.15) is 28.5 Å². The van der Waals surface area contributed by atoms with Gasteiger partial charge in [-0.1, -0.05) is 6.07 Å². The van der Waals surface area contributed by atoms with Gasteiger partial charge in [-0.3, -0.25) is 4.79 Å². The summed E-state index contributed by atoms with van der Waals surface area (Å²) in [5.41, 5.74) is 2.49. The molecule has 206 valence electrons. The van der Waals surface area contributed by atoms with E-state index in [1.165, 1.54) is 30.8 Å². The topological polar surface area (TPSA) is 107 Å². The highest BCUT2D eigenvalue weighted by Crippen LogP contribution is 2.45. The minimum absolute atomic E-state index is 0.0749. The number of esters is 2. The van der Waals surface area contributed by atoms with Crippen LogP contribution in [0.25, 0.3) is 11.1 Å². The molecule has 1 amide bonds. The van der Waals surface area contributed by atoms with Crippen LogP contribution in [0.4, 0.5) is 11.4 Å². The number of hydrogen-bond donors (Lipinski definition) is 1. The highest BCUT2D eigenvalue weighted by atomic mass is 32.1.